The van der Waals surface area contributed by atoms with E-state index in [-0.39, 0.29) is 18.5 Å². The van der Waals surface area contributed by atoms with Crippen molar-refractivity contribution in [2.45, 2.75) is 12.7 Å². The largest absolute Gasteiger partial charge is 0.468 e. The molecule has 146 valence electrons. The van der Waals surface area contributed by atoms with Crippen LogP contribution in [0.5, 0.6) is 5.88 Å². The van der Waals surface area contributed by atoms with Gasteiger partial charge >= 0.3 is 12.2 Å². The summed E-state index contributed by atoms with van der Waals surface area (Å²) >= 11 is 1.57. The first-order chi connectivity index (χ1) is 12.9. The van der Waals surface area contributed by atoms with E-state index < -0.39 is 12.8 Å². The van der Waals surface area contributed by atoms with E-state index >= 15 is 0 Å². The van der Waals surface area contributed by atoms with Gasteiger partial charge in [0.1, 0.15) is 0 Å². The third kappa shape index (κ3) is 5.71. The zero-order valence-electron chi connectivity index (χ0n) is 14.3. The number of alkyl halides is 3. The second kappa shape index (κ2) is 8.42. The van der Waals surface area contributed by atoms with Gasteiger partial charge in [0.2, 0.25) is 5.88 Å². The van der Waals surface area contributed by atoms with E-state index in [9.17, 15) is 18.0 Å². The highest BCUT2D eigenvalue weighted by Gasteiger charge is 2.28. The van der Waals surface area contributed by atoms with Crippen molar-refractivity contribution in [2.24, 2.45) is 0 Å². The predicted molar refractivity (Wildman–Crippen MR) is 93.9 cm³/mol. The summed E-state index contributed by atoms with van der Waals surface area (Å²) in [5.74, 6) is -0.110. The smallest absolute Gasteiger partial charge is 0.422 e. The first-order valence-corrected chi connectivity index (χ1v) is 9.10. The molecule has 2 aromatic heterocycles. The summed E-state index contributed by atoms with van der Waals surface area (Å²) in [4.78, 5) is 24.2. The topological polar surface area (TPSA) is 70.6 Å². The number of halogens is 3. The molecule has 27 heavy (non-hydrogen) atoms. The van der Waals surface area contributed by atoms with Crippen molar-refractivity contribution in [3.63, 3.8) is 0 Å². The molecule has 0 saturated carbocycles. The van der Waals surface area contributed by atoms with Crippen molar-refractivity contribution >= 4 is 22.5 Å². The molecule has 7 nitrogen and oxygen atoms in total. The summed E-state index contributed by atoms with van der Waals surface area (Å²) < 4.78 is 40.8. The molecule has 3 heterocycles. The van der Waals surface area contributed by atoms with Crippen molar-refractivity contribution in [3.8, 4) is 5.88 Å². The Morgan fingerprint density at radius 1 is 1.22 bits per heavy atom. The third-order valence-corrected chi connectivity index (χ3v) is 4.71. The van der Waals surface area contributed by atoms with Gasteiger partial charge in [-0.25, -0.2) is 14.8 Å². The molecule has 0 aliphatic carbocycles. The number of hydrogen-bond acceptors (Lipinski definition) is 6. The van der Waals surface area contributed by atoms with E-state index in [0.29, 0.717) is 31.7 Å². The Balaban J connectivity index is 1.41. The number of amides is 2. The lowest BCUT2D eigenvalue weighted by atomic mass is 10.3. The van der Waals surface area contributed by atoms with Gasteiger partial charge in [-0.3, -0.25) is 0 Å². The fraction of sp³-hybridized carbons (Fsp3) is 0.438. The number of nitrogens with one attached hydrogen (secondary N) is 1. The summed E-state index contributed by atoms with van der Waals surface area (Å²) in [7, 11) is 0. The Morgan fingerprint density at radius 3 is 2.59 bits per heavy atom. The number of carbonyl (C=O) groups is 1. The summed E-state index contributed by atoms with van der Waals surface area (Å²) in [6.45, 7) is 1.46. The lowest BCUT2D eigenvalue weighted by Crippen LogP contribution is -2.51. The van der Waals surface area contributed by atoms with Gasteiger partial charge in [0, 0.05) is 56.6 Å². The summed E-state index contributed by atoms with van der Waals surface area (Å²) in [5, 5.41) is 5.66. The SMILES string of the molecule is O=C(NCc1ccc(OCC(F)(F)F)nc1)N1CCN(c2nccs2)CC1. The molecule has 1 aliphatic rings. The molecule has 0 aromatic carbocycles. The Morgan fingerprint density at radius 2 is 2.00 bits per heavy atom. The number of piperazine rings is 1. The Labute approximate surface area is 157 Å². The maximum Gasteiger partial charge on any atom is 0.422 e. The standard InChI is InChI=1S/C16H18F3N5O2S/c17-16(18,19)11-26-13-2-1-12(9-21-13)10-22-14(25)23-4-6-24(7-5-23)15-20-3-8-27-15/h1-3,8-9H,4-7,10-11H2,(H,22,25). The fourth-order valence-electron chi connectivity index (χ4n) is 2.52. The number of aromatic nitrogens is 2. The molecule has 1 N–H and O–H groups in total. The van der Waals surface area contributed by atoms with Gasteiger partial charge in [0.25, 0.3) is 0 Å². The number of thiazole rings is 1. The Kier molecular flexibility index (Phi) is 5.99. The van der Waals surface area contributed by atoms with Crippen LogP contribution in [0.25, 0.3) is 0 Å². The number of pyridine rings is 1. The van der Waals surface area contributed by atoms with Crippen LogP contribution >= 0.6 is 11.3 Å². The van der Waals surface area contributed by atoms with Gasteiger partial charge in [-0.2, -0.15) is 13.2 Å². The molecule has 0 bridgehead atoms. The predicted octanol–water partition coefficient (Wildman–Crippen LogP) is 2.51. The number of hydrogen-bond donors (Lipinski definition) is 1. The zero-order chi connectivity index (χ0) is 19.3. The molecule has 0 spiro atoms. The minimum absolute atomic E-state index is 0.110. The van der Waals surface area contributed by atoms with Gasteiger partial charge in [0.15, 0.2) is 11.7 Å². The molecule has 1 aliphatic heterocycles. The normalized spacial score (nSPS) is 14.9. The van der Waals surface area contributed by atoms with Crippen molar-refractivity contribution in [3.05, 3.63) is 35.5 Å². The van der Waals surface area contributed by atoms with E-state index in [2.05, 4.69) is 24.9 Å². The van der Waals surface area contributed by atoms with Crippen molar-refractivity contribution in [1.29, 1.82) is 0 Å². The molecule has 3 rings (SSSR count). The molecule has 1 saturated heterocycles. The van der Waals surface area contributed by atoms with Crippen LogP contribution in [-0.2, 0) is 6.54 Å². The van der Waals surface area contributed by atoms with E-state index in [1.165, 1.54) is 12.3 Å². The van der Waals surface area contributed by atoms with Crippen LogP contribution in [0, 0.1) is 0 Å². The third-order valence-electron chi connectivity index (χ3n) is 3.88. The number of urea groups is 1. The van der Waals surface area contributed by atoms with E-state index in [4.69, 9.17) is 0 Å². The molecule has 1 fully saturated rings. The van der Waals surface area contributed by atoms with Gasteiger partial charge in [0.05, 0.1) is 0 Å². The molecule has 0 unspecified atom stereocenters. The van der Waals surface area contributed by atoms with E-state index in [0.717, 1.165) is 5.13 Å². The van der Waals surface area contributed by atoms with Gasteiger partial charge < -0.3 is 19.9 Å². The molecular weight excluding hydrogens is 383 g/mol. The fourth-order valence-corrected chi connectivity index (χ4v) is 3.22. The number of ether oxygens (including phenoxy) is 1. The average molecular weight is 401 g/mol. The van der Waals surface area contributed by atoms with E-state index in [1.807, 2.05) is 5.38 Å². The highest BCUT2D eigenvalue weighted by molar-refractivity contribution is 7.13. The molecule has 2 amide bonds. The first-order valence-electron chi connectivity index (χ1n) is 8.22. The molecular formula is C16H18F3N5O2S. The highest BCUT2D eigenvalue weighted by Crippen LogP contribution is 2.19. The number of nitrogens with zero attached hydrogens (tertiary/aromatic N) is 4. The monoisotopic (exact) mass is 401 g/mol. The van der Waals surface area contributed by atoms with Gasteiger partial charge in [-0.05, 0) is 5.56 Å². The Bertz CT molecular complexity index is 732. The van der Waals surface area contributed by atoms with Gasteiger partial charge in [-0.15, -0.1) is 11.3 Å². The van der Waals surface area contributed by atoms with Crippen LogP contribution in [0.2, 0.25) is 0 Å². The van der Waals surface area contributed by atoms with Crippen molar-refractivity contribution in [2.75, 3.05) is 37.7 Å². The Hall–Kier alpha value is -2.56. The number of rotatable bonds is 5. The quantitative estimate of drug-likeness (QED) is 0.834. The maximum absolute atomic E-state index is 12.3. The van der Waals surface area contributed by atoms with Crippen LogP contribution in [0.1, 0.15) is 5.56 Å². The second-order valence-electron chi connectivity index (χ2n) is 5.86. The molecule has 0 radical (unpaired) electrons. The lowest BCUT2D eigenvalue weighted by Gasteiger charge is -2.34. The summed E-state index contributed by atoms with van der Waals surface area (Å²) in [6.07, 6.45) is -1.27. The highest BCUT2D eigenvalue weighted by atomic mass is 32.1. The van der Waals surface area contributed by atoms with Crippen molar-refractivity contribution < 1.29 is 22.7 Å². The molecule has 2 aromatic rings. The summed E-state index contributed by atoms with van der Waals surface area (Å²) in [6, 6.07) is 2.73. The van der Waals surface area contributed by atoms with Crippen LogP contribution in [0.15, 0.2) is 29.9 Å². The first kappa shape index (κ1) is 19.2. The van der Waals surface area contributed by atoms with E-state index in [1.54, 1.807) is 28.5 Å². The maximum atomic E-state index is 12.3. The van der Waals surface area contributed by atoms with Gasteiger partial charge in [-0.1, -0.05) is 6.07 Å². The zero-order valence-corrected chi connectivity index (χ0v) is 15.1. The lowest BCUT2D eigenvalue weighted by molar-refractivity contribution is -0.154. The van der Waals surface area contributed by atoms with Crippen LogP contribution < -0.4 is 15.0 Å². The minimum Gasteiger partial charge on any atom is -0.468 e. The molecule has 11 heteroatoms. The number of carbonyl (C=O) groups excluding carboxylic acids is 1. The van der Waals surface area contributed by atoms with Crippen LogP contribution in [-0.4, -0.2) is 59.9 Å². The second-order valence-corrected chi connectivity index (χ2v) is 6.73. The molecule has 0 atom stereocenters. The average Bonchev–Trinajstić information content (AvgIpc) is 3.19. The van der Waals surface area contributed by atoms with Crippen LogP contribution in [0.3, 0.4) is 0 Å². The van der Waals surface area contributed by atoms with Crippen LogP contribution in [0.4, 0.5) is 23.1 Å². The number of anilines is 1. The summed E-state index contributed by atoms with van der Waals surface area (Å²) in [5.41, 5.74) is 0.670. The van der Waals surface area contributed by atoms with Crippen molar-refractivity contribution in [1.82, 2.24) is 20.2 Å². The minimum atomic E-state index is -4.40.